The van der Waals surface area contributed by atoms with Gasteiger partial charge in [-0.3, -0.25) is 4.79 Å². The van der Waals surface area contributed by atoms with Crippen LogP contribution in [0.3, 0.4) is 0 Å². The summed E-state index contributed by atoms with van der Waals surface area (Å²) < 4.78 is 0. The third-order valence-electron chi connectivity index (χ3n) is 3.98. The Morgan fingerprint density at radius 1 is 1.47 bits per heavy atom. The van der Waals surface area contributed by atoms with E-state index in [1.165, 1.54) is 12.8 Å². The third kappa shape index (κ3) is 4.30. The summed E-state index contributed by atoms with van der Waals surface area (Å²) in [6.45, 7) is 9.55. The fraction of sp³-hybridized carbons (Fsp3) is 0.929. The molecule has 1 saturated heterocycles. The largest absolute Gasteiger partial charge is 0.338 e. The van der Waals surface area contributed by atoms with Crippen molar-refractivity contribution in [1.82, 2.24) is 9.80 Å². The summed E-state index contributed by atoms with van der Waals surface area (Å²) in [5.41, 5.74) is 0. The molecule has 0 radical (unpaired) electrons. The van der Waals surface area contributed by atoms with Crippen molar-refractivity contribution in [3.8, 4) is 0 Å². The number of hydrogen-bond acceptors (Lipinski definition) is 2. The molecule has 17 heavy (non-hydrogen) atoms. The normalized spacial score (nSPS) is 22.2. The van der Waals surface area contributed by atoms with Gasteiger partial charge in [0.25, 0.3) is 0 Å². The maximum Gasteiger partial charge on any atom is 0.223 e. The number of hydrogen-bond donors (Lipinski definition) is 0. The Kier molecular flexibility index (Phi) is 5.96. The van der Waals surface area contributed by atoms with Gasteiger partial charge in [-0.15, -0.1) is 0 Å². The van der Waals surface area contributed by atoms with Gasteiger partial charge < -0.3 is 9.80 Å². The second kappa shape index (κ2) is 7.00. The van der Waals surface area contributed by atoms with Gasteiger partial charge in [-0.25, -0.2) is 0 Å². The van der Waals surface area contributed by atoms with Crippen molar-refractivity contribution in [2.45, 2.75) is 52.5 Å². The first-order chi connectivity index (χ1) is 8.08. The van der Waals surface area contributed by atoms with Crippen LogP contribution in [0.1, 0.15) is 46.5 Å². The van der Waals surface area contributed by atoms with Gasteiger partial charge in [0.1, 0.15) is 0 Å². The van der Waals surface area contributed by atoms with Crippen LogP contribution in [0, 0.1) is 5.92 Å². The number of rotatable bonds is 6. The Morgan fingerprint density at radius 3 is 2.76 bits per heavy atom. The van der Waals surface area contributed by atoms with Crippen molar-refractivity contribution >= 4 is 5.91 Å². The zero-order valence-corrected chi connectivity index (χ0v) is 11.9. The molecular weight excluding hydrogens is 212 g/mol. The highest BCUT2D eigenvalue weighted by Gasteiger charge is 2.29. The molecule has 1 amide bonds. The first-order valence-corrected chi connectivity index (χ1v) is 7.06. The fourth-order valence-corrected chi connectivity index (χ4v) is 2.40. The molecule has 0 aromatic rings. The minimum Gasteiger partial charge on any atom is -0.338 e. The second-order valence-corrected chi connectivity index (χ2v) is 5.46. The van der Waals surface area contributed by atoms with Crippen LogP contribution < -0.4 is 0 Å². The van der Waals surface area contributed by atoms with Gasteiger partial charge in [-0.2, -0.15) is 0 Å². The van der Waals surface area contributed by atoms with Crippen LogP contribution >= 0.6 is 0 Å². The predicted octanol–water partition coefficient (Wildman–Crippen LogP) is 2.37. The predicted molar refractivity (Wildman–Crippen MR) is 72.0 cm³/mol. The Balaban J connectivity index is 2.47. The number of likely N-dealkylation sites (N-methyl/N-ethyl adjacent to an activating group) is 1. The summed E-state index contributed by atoms with van der Waals surface area (Å²) in [5, 5.41) is 0. The van der Waals surface area contributed by atoms with Gasteiger partial charge in [-0.1, -0.05) is 27.2 Å². The summed E-state index contributed by atoms with van der Waals surface area (Å²) in [7, 11) is 2.13. The molecule has 3 nitrogen and oxygen atoms in total. The molecule has 1 fully saturated rings. The van der Waals surface area contributed by atoms with E-state index in [0.29, 0.717) is 17.9 Å². The maximum atomic E-state index is 12.2. The molecule has 0 N–H and O–H groups in total. The lowest BCUT2D eigenvalue weighted by Crippen LogP contribution is -2.42. The molecule has 0 bridgehead atoms. The van der Waals surface area contributed by atoms with Crippen molar-refractivity contribution in [2.75, 3.05) is 26.7 Å². The Morgan fingerprint density at radius 2 is 2.18 bits per heavy atom. The van der Waals surface area contributed by atoms with E-state index in [4.69, 9.17) is 0 Å². The van der Waals surface area contributed by atoms with E-state index in [1.807, 2.05) is 0 Å². The molecule has 1 aliphatic heterocycles. The van der Waals surface area contributed by atoms with Crippen LogP contribution in [0.15, 0.2) is 0 Å². The van der Waals surface area contributed by atoms with Crippen LogP contribution in [0.4, 0.5) is 0 Å². The zero-order valence-electron chi connectivity index (χ0n) is 11.9. The van der Waals surface area contributed by atoms with E-state index >= 15 is 0 Å². The molecule has 2 atom stereocenters. The van der Waals surface area contributed by atoms with E-state index in [2.05, 4.69) is 37.6 Å². The van der Waals surface area contributed by atoms with Crippen molar-refractivity contribution in [3.05, 3.63) is 0 Å². The monoisotopic (exact) mass is 240 g/mol. The van der Waals surface area contributed by atoms with Gasteiger partial charge in [-0.05, 0) is 32.4 Å². The maximum absolute atomic E-state index is 12.2. The van der Waals surface area contributed by atoms with Crippen molar-refractivity contribution in [3.63, 3.8) is 0 Å². The van der Waals surface area contributed by atoms with Crippen molar-refractivity contribution < 1.29 is 4.79 Å². The molecule has 2 unspecified atom stereocenters. The van der Waals surface area contributed by atoms with E-state index in [1.54, 1.807) is 0 Å². The molecule has 0 saturated carbocycles. The van der Waals surface area contributed by atoms with Crippen LogP contribution in [-0.2, 0) is 4.79 Å². The Labute approximate surface area is 106 Å². The molecule has 0 aliphatic carbocycles. The van der Waals surface area contributed by atoms with Crippen LogP contribution in [0.25, 0.3) is 0 Å². The van der Waals surface area contributed by atoms with E-state index < -0.39 is 0 Å². The molecule has 0 spiro atoms. The van der Waals surface area contributed by atoms with Crippen molar-refractivity contribution in [2.24, 2.45) is 5.92 Å². The van der Waals surface area contributed by atoms with Gasteiger partial charge in [0.15, 0.2) is 0 Å². The lowest BCUT2D eigenvalue weighted by molar-refractivity contribution is -0.133. The minimum atomic E-state index is 0.367. The van der Waals surface area contributed by atoms with Gasteiger partial charge in [0.2, 0.25) is 5.91 Å². The van der Waals surface area contributed by atoms with E-state index in [9.17, 15) is 4.79 Å². The number of carbonyl (C=O) groups is 1. The average Bonchev–Trinajstić information content (AvgIpc) is 2.76. The number of nitrogens with zero attached hydrogens (tertiary/aromatic N) is 2. The molecule has 0 aromatic heterocycles. The molecule has 1 heterocycles. The minimum absolute atomic E-state index is 0.367. The summed E-state index contributed by atoms with van der Waals surface area (Å²) in [5.74, 6) is 0.888. The van der Waals surface area contributed by atoms with Gasteiger partial charge >= 0.3 is 0 Å². The molecule has 1 rings (SSSR count). The Bertz CT molecular complexity index is 242. The quantitative estimate of drug-likeness (QED) is 0.711. The summed E-state index contributed by atoms with van der Waals surface area (Å²) in [6, 6.07) is 0.455. The lowest BCUT2D eigenvalue weighted by atomic mass is 10.0. The summed E-state index contributed by atoms with van der Waals surface area (Å²) >= 11 is 0. The number of likely N-dealkylation sites (tertiary alicyclic amines) is 1. The molecule has 100 valence electrons. The summed E-state index contributed by atoms with van der Waals surface area (Å²) in [4.78, 5) is 16.6. The lowest BCUT2D eigenvalue weighted by Gasteiger charge is -2.29. The van der Waals surface area contributed by atoms with Crippen LogP contribution in [-0.4, -0.2) is 48.4 Å². The molecule has 0 aromatic carbocycles. The molecule has 1 aliphatic rings. The topological polar surface area (TPSA) is 23.6 Å². The van der Waals surface area contributed by atoms with Gasteiger partial charge in [0, 0.05) is 25.6 Å². The van der Waals surface area contributed by atoms with Crippen LogP contribution in [0.5, 0.6) is 0 Å². The first kappa shape index (κ1) is 14.5. The highest BCUT2D eigenvalue weighted by molar-refractivity contribution is 5.77. The molecular formula is C14H28N2O. The SMILES string of the molecule is CCC(C)CC(=O)N1CCCC1CN(C)CC. The van der Waals surface area contributed by atoms with E-state index in [-0.39, 0.29) is 0 Å². The number of carbonyl (C=O) groups excluding carboxylic acids is 1. The number of amides is 1. The first-order valence-electron chi connectivity index (χ1n) is 7.06. The summed E-state index contributed by atoms with van der Waals surface area (Å²) in [6.07, 6.45) is 4.17. The highest BCUT2D eigenvalue weighted by atomic mass is 16.2. The van der Waals surface area contributed by atoms with E-state index in [0.717, 1.165) is 32.5 Å². The standard InChI is InChI=1S/C14H28N2O/c1-5-12(3)10-14(17)16-9-7-8-13(16)11-15(4)6-2/h12-13H,5-11H2,1-4H3. The Hall–Kier alpha value is -0.570. The van der Waals surface area contributed by atoms with Crippen molar-refractivity contribution in [1.29, 1.82) is 0 Å². The average molecular weight is 240 g/mol. The zero-order chi connectivity index (χ0) is 12.8. The van der Waals surface area contributed by atoms with Gasteiger partial charge in [0.05, 0.1) is 0 Å². The van der Waals surface area contributed by atoms with Crippen LogP contribution in [0.2, 0.25) is 0 Å². The second-order valence-electron chi connectivity index (χ2n) is 5.46. The third-order valence-corrected chi connectivity index (χ3v) is 3.98. The highest BCUT2D eigenvalue weighted by Crippen LogP contribution is 2.21. The smallest absolute Gasteiger partial charge is 0.223 e. The fourth-order valence-electron chi connectivity index (χ4n) is 2.40. The molecule has 3 heteroatoms.